The van der Waals surface area contributed by atoms with Gasteiger partial charge in [-0.15, -0.1) is 0 Å². The maximum Gasteiger partial charge on any atom is 0.407 e. The van der Waals surface area contributed by atoms with Gasteiger partial charge in [0.1, 0.15) is 0 Å². The summed E-state index contributed by atoms with van der Waals surface area (Å²) in [7, 11) is 0. The molecule has 0 aliphatic carbocycles. The lowest BCUT2D eigenvalue weighted by Gasteiger charge is -2.37. The van der Waals surface area contributed by atoms with Crippen LogP contribution in [-0.2, 0) is 22.6 Å². The minimum atomic E-state index is -0.936. The van der Waals surface area contributed by atoms with Crippen LogP contribution < -0.4 is 5.32 Å². The smallest absolute Gasteiger partial charge is 0.407 e. The number of nitrogens with zero attached hydrogens (tertiary/aromatic N) is 1. The number of hydrogen-bond acceptors (Lipinski definition) is 4. The van der Waals surface area contributed by atoms with Crippen molar-refractivity contribution >= 4 is 28.6 Å². The van der Waals surface area contributed by atoms with Gasteiger partial charge in [-0.05, 0) is 39.9 Å². The van der Waals surface area contributed by atoms with Gasteiger partial charge in [0.05, 0.1) is 25.7 Å². The van der Waals surface area contributed by atoms with Crippen molar-refractivity contribution in [2.75, 3.05) is 19.6 Å². The lowest BCUT2D eigenvalue weighted by Crippen LogP contribution is -2.46. The van der Waals surface area contributed by atoms with Crippen LogP contribution in [-0.4, -0.2) is 53.5 Å². The van der Waals surface area contributed by atoms with Crippen LogP contribution in [0.3, 0.4) is 0 Å². The number of carbonyl (C=O) groups excluding carboxylic acids is 2. The topological polar surface area (TPSA) is 95.9 Å². The summed E-state index contributed by atoms with van der Waals surface area (Å²) in [6, 6.07) is 31.4. The van der Waals surface area contributed by atoms with Gasteiger partial charge in [0.15, 0.2) is 5.78 Å². The van der Waals surface area contributed by atoms with Gasteiger partial charge in [0.25, 0.3) is 0 Å². The van der Waals surface area contributed by atoms with Crippen molar-refractivity contribution in [3.8, 4) is 0 Å². The van der Waals surface area contributed by atoms with Crippen LogP contribution in [0.25, 0.3) is 10.8 Å². The van der Waals surface area contributed by atoms with E-state index in [9.17, 15) is 19.5 Å². The van der Waals surface area contributed by atoms with Crippen LogP contribution in [0.2, 0.25) is 0 Å². The van der Waals surface area contributed by atoms with Crippen molar-refractivity contribution in [3.63, 3.8) is 0 Å². The molecule has 0 aromatic heterocycles. The zero-order valence-corrected chi connectivity index (χ0v) is 22.9. The van der Waals surface area contributed by atoms with E-state index in [4.69, 9.17) is 4.74 Å². The fourth-order valence-corrected chi connectivity index (χ4v) is 5.39. The molecule has 2 unspecified atom stereocenters. The number of ketones is 1. The van der Waals surface area contributed by atoms with Crippen molar-refractivity contribution in [3.05, 3.63) is 119 Å². The highest BCUT2D eigenvalue weighted by Crippen LogP contribution is 2.32. The first-order chi connectivity index (χ1) is 20.0. The van der Waals surface area contributed by atoms with Gasteiger partial charge in [-0.3, -0.25) is 9.59 Å². The molecule has 4 aromatic carbocycles. The molecule has 5 rings (SSSR count). The highest BCUT2D eigenvalue weighted by Gasteiger charge is 2.33. The lowest BCUT2D eigenvalue weighted by atomic mass is 9.86. The van der Waals surface area contributed by atoms with Crippen LogP contribution in [0.4, 0.5) is 4.79 Å². The van der Waals surface area contributed by atoms with Gasteiger partial charge < -0.3 is 20.1 Å². The Morgan fingerprint density at radius 2 is 1.56 bits per heavy atom. The molecule has 2 atom stereocenters. The van der Waals surface area contributed by atoms with E-state index in [0.29, 0.717) is 38.2 Å². The van der Waals surface area contributed by atoms with Gasteiger partial charge in [-0.1, -0.05) is 91.0 Å². The van der Waals surface area contributed by atoms with Crippen molar-refractivity contribution in [2.45, 2.75) is 37.9 Å². The normalized spacial score (nSPS) is 16.8. The van der Waals surface area contributed by atoms with E-state index < -0.39 is 6.09 Å². The van der Waals surface area contributed by atoms with Crippen molar-refractivity contribution in [2.24, 2.45) is 0 Å². The zero-order chi connectivity index (χ0) is 28.6. The molecule has 1 heterocycles. The van der Waals surface area contributed by atoms with Crippen LogP contribution in [0.1, 0.15) is 45.8 Å². The predicted octanol–water partition coefficient (Wildman–Crippen LogP) is 5.82. The summed E-state index contributed by atoms with van der Waals surface area (Å²) in [6.07, 6.45) is -0.0924. The van der Waals surface area contributed by atoms with Gasteiger partial charge >= 0.3 is 6.09 Å². The third-order valence-corrected chi connectivity index (χ3v) is 7.65. The number of fused-ring (bicyclic) bond motifs is 1. The molecular formula is C34H34N2O5. The quantitative estimate of drug-likeness (QED) is 0.243. The molecule has 2 N–H and O–H groups in total. The van der Waals surface area contributed by atoms with E-state index >= 15 is 0 Å². The maximum atomic E-state index is 12.5. The molecule has 1 aliphatic rings. The molecule has 1 aliphatic heterocycles. The molecule has 210 valence electrons. The molecule has 7 nitrogen and oxygen atoms in total. The molecular weight excluding hydrogens is 516 g/mol. The van der Waals surface area contributed by atoms with Crippen molar-refractivity contribution < 1.29 is 24.2 Å². The molecule has 1 fully saturated rings. The summed E-state index contributed by atoms with van der Waals surface area (Å²) in [4.78, 5) is 37.8. The minimum absolute atomic E-state index is 0.00147. The Bertz CT molecular complexity index is 1500. The number of piperidine rings is 1. The van der Waals surface area contributed by atoms with E-state index in [1.807, 2.05) is 60.7 Å². The number of amides is 2. The second-order valence-electron chi connectivity index (χ2n) is 10.5. The van der Waals surface area contributed by atoms with Crippen LogP contribution in [0.15, 0.2) is 97.1 Å². The number of carboxylic acid groups (broad SMARTS) is 1. The first-order valence-corrected chi connectivity index (χ1v) is 14.0. The summed E-state index contributed by atoms with van der Waals surface area (Å²) in [5.74, 6) is -0.0931. The zero-order valence-electron chi connectivity index (χ0n) is 22.9. The number of ether oxygens (including phenoxy) is 1. The van der Waals surface area contributed by atoms with Crippen molar-refractivity contribution in [1.82, 2.24) is 10.2 Å². The summed E-state index contributed by atoms with van der Waals surface area (Å²) in [5.41, 5.74) is 3.63. The second kappa shape index (κ2) is 13.2. The number of carbonyl (C=O) groups is 3. The van der Waals surface area contributed by atoms with Gasteiger partial charge in [-0.25, -0.2) is 4.79 Å². The SMILES string of the molecule is O=C(Cc1ccc(C2CCN(C(=O)O)CC2OCc2ccc3ccccc3c2)cc1)NCCC(=O)c1ccccc1. The van der Waals surface area contributed by atoms with Crippen LogP contribution in [0.5, 0.6) is 0 Å². The van der Waals surface area contributed by atoms with E-state index in [0.717, 1.165) is 22.1 Å². The van der Waals surface area contributed by atoms with Gasteiger partial charge in [-0.2, -0.15) is 0 Å². The first-order valence-electron chi connectivity index (χ1n) is 14.0. The molecule has 2 amide bonds. The predicted molar refractivity (Wildman–Crippen MR) is 158 cm³/mol. The average Bonchev–Trinajstić information content (AvgIpc) is 3.00. The standard InChI is InChI=1S/C34H34N2O5/c37-31(28-7-2-1-3-8-28)16-18-35-33(38)21-24-10-14-27(15-11-24)30-17-19-36(34(39)40)22-32(30)41-23-25-12-13-26-6-4-5-9-29(26)20-25/h1-15,20,30,32H,16-19,21-23H2,(H,35,38)(H,39,40). The number of rotatable bonds is 10. The Labute approximate surface area is 239 Å². The van der Waals surface area contributed by atoms with E-state index in [1.165, 1.54) is 10.3 Å². The fraction of sp³-hybridized carbons (Fsp3) is 0.265. The highest BCUT2D eigenvalue weighted by molar-refractivity contribution is 5.96. The molecule has 0 radical (unpaired) electrons. The summed E-state index contributed by atoms with van der Waals surface area (Å²) in [6.45, 7) is 1.44. The number of hydrogen-bond donors (Lipinski definition) is 2. The van der Waals surface area contributed by atoms with E-state index in [2.05, 4.69) is 29.6 Å². The number of nitrogens with one attached hydrogen (secondary N) is 1. The molecule has 41 heavy (non-hydrogen) atoms. The monoisotopic (exact) mass is 550 g/mol. The molecule has 0 bridgehead atoms. The molecule has 7 heteroatoms. The van der Waals surface area contributed by atoms with Crippen LogP contribution >= 0.6 is 0 Å². The Balaban J connectivity index is 1.18. The van der Waals surface area contributed by atoms with Gasteiger partial charge in [0.2, 0.25) is 5.91 Å². The van der Waals surface area contributed by atoms with E-state index in [-0.39, 0.29) is 36.6 Å². The Kier molecular flexibility index (Phi) is 9.06. The Hall–Kier alpha value is -4.49. The largest absolute Gasteiger partial charge is 0.465 e. The molecule has 1 saturated heterocycles. The lowest BCUT2D eigenvalue weighted by molar-refractivity contribution is -0.120. The number of Topliss-reactive ketones (excluding diaryl/α,β-unsaturated/α-hetero) is 1. The number of benzene rings is 4. The van der Waals surface area contributed by atoms with E-state index in [1.54, 1.807) is 12.1 Å². The number of likely N-dealkylation sites (tertiary alicyclic amines) is 1. The van der Waals surface area contributed by atoms with Crippen LogP contribution in [0, 0.1) is 0 Å². The Morgan fingerprint density at radius 1 is 0.854 bits per heavy atom. The fourth-order valence-electron chi connectivity index (χ4n) is 5.39. The molecule has 4 aromatic rings. The first kappa shape index (κ1) is 28.1. The molecule has 0 spiro atoms. The van der Waals surface area contributed by atoms with Crippen molar-refractivity contribution in [1.29, 1.82) is 0 Å². The summed E-state index contributed by atoms with van der Waals surface area (Å²) >= 11 is 0. The summed E-state index contributed by atoms with van der Waals surface area (Å²) in [5, 5.41) is 14.7. The third kappa shape index (κ3) is 7.38. The average molecular weight is 551 g/mol. The highest BCUT2D eigenvalue weighted by atomic mass is 16.5. The molecule has 0 saturated carbocycles. The second-order valence-corrected chi connectivity index (χ2v) is 10.5. The third-order valence-electron chi connectivity index (χ3n) is 7.65. The minimum Gasteiger partial charge on any atom is -0.465 e. The van der Waals surface area contributed by atoms with Gasteiger partial charge in [0, 0.05) is 31.0 Å². The Morgan fingerprint density at radius 3 is 2.32 bits per heavy atom. The summed E-state index contributed by atoms with van der Waals surface area (Å²) < 4.78 is 6.36. The maximum absolute atomic E-state index is 12.5.